The molecule has 3 aromatic heterocycles. The second kappa shape index (κ2) is 10.9. The maximum atomic E-state index is 9.14. The van der Waals surface area contributed by atoms with E-state index in [1.807, 2.05) is 25.1 Å². The van der Waals surface area contributed by atoms with E-state index in [1.54, 1.807) is 0 Å². The van der Waals surface area contributed by atoms with Crippen LogP contribution in [0.1, 0.15) is 57.6 Å². The van der Waals surface area contributed by atoms with Crippen molar-refractivity contribution in [3.63, 3.8) is 0 Å². The van der Waals surface area contributed by atoms with Crippen LogP contribution in [0.5, 0.6) is 5.88 Å². The average molecular weight is 528 g/mol. The Balaban J connectivity index is 1.09. The summed E-state index contributed by atoms with van der Waals surface area (Å²) in [5.41, 5.74) is 5.75. The SMILES string of the molecule is Cc1ccc2nc(CN3CCC(c4cccc(OCc5sc(C#N)cc5C)n4)CC3)n(C[C@@H]3CCO3)c2c1. The van der Waals surface area contributed by atoms with Crippen molar-refractivity contribution >= 4 is 22.4 Å². The lowest BCUT2D eigenvalue weighted by atomic mass is 9.93. The molecule has 5 heterocycles. The Morgan fingerprint density at radius 3 is 2.68 bits per heavy atom. The van der Waals surface area contributed by atoms with Gasteiger partial charge in [-0.1, -0.05) is 12.1 Å². The fourth-order valence-corrected chi connectivity index (χ4v) is 6.31. The molecule has 4 aromatic rings. The third-order valence-corrected chi connectivity index (χ3v) is 8.88. The van der Waals surface area contributed by atoms with E-state index in [2.05, 4.69) is 46.7 Å². The van der Waals surface area contributed by atoms with Crippen LogP contribution in [-0.2, 0) is 24.4 Å². The number of thiophene rings is 1. The van der Waals surface area contributed by atoms with Gasteiger partial charge in [0.25, 0.3) is 0 Å². The van der Waals surface area contributed by atoms with Crippen LogP contribution in [0.25, 0.3) is 11.0 Å². The van der Waals surface area contributed by atoms with Crippen LogP contribution in [0, 0.1) is 25.2 Å². The number of nitrogens with zero attached hydrogens (tertiary/aromatic N) is 5. The first-order valence-electron chi connectivity index (χ1n) is 13.4. The predicted molar refractivity (Wildman–Crippen MR) is 148 cm³/mol. The minimum atomic E-state index is 0.301. The number of imidazole rings is 1. The lowest BCUT2D eigenvalue weighted by Crippen LogP contribution is -2.35. The van der Waals surface area contributed by atoms with Gasteiger partial charge in [0.1, 0.15) is 23.4 Å². The van der Waals surface area contributed by atoms with Gasteiger partial charge in [-0.05, 0) is 81.6 Å². The van der Waals surface area contributed by atoms with Crippen molar-refractivity contribution in [3.05, 3.63) is 74.9 Å². The van der Waals surface area contributed by atoms with Crippen molar-refractivity contribution in [1.29, 1.82) is 5.26 Å². The van der Waals surface area contributed by atoms with Gasteiger partial charge in [0.05, 0.1) is 30.2 Å². The summed E-state index contributed by atoms with van der Waals surface area (Å²) >= 11 is 1.49. The quantitative estimate of drug-likeness (QED) is 0.291. The smallest absolute Gasteiger partial charge is 0.213 e. The number of aromatic nitrogens is 3. The third-order valence-electron chi connectivity index (χ3n) is 7.76. The fourth-order valence-electron chi connectivity index (χ4n) is 5.42. The Morgan fingerprint density at radius 2 is 1.95 bits per heavy atom. The van der Waals surface area contributed by atoms with E-state index in [4.69, 9.17) is 24.7 Å². The molecule has 0 spiro atoms. The summed E-state index contributed by atoms with van der Waals surface area (Å²) in [6.07, 6.45) is 3.56. The van der Waals surface area contributed by atoms with E-state index in [-0.39, 0.29) is 0 Å². The van der Waals surface area contributed by atoms with Gasteiger partial charge >= 0.3 is 0 Å². The molecular weight excluding hydrogens is 494 g/mol. The topological polar surface area (TPSA) is 76.2 Å². The number of fused-ring (bicyclic) bond motifs is 1. The summed E-state index contributed by atoms with van der Waals surface area (Å²) in [7, 11) is 0. The molecule has 0 radical (unpaired) electrons. The van der Waals surface area contributed by atoms with Gasteiger partial charge in [-0.3, -0.25) is 4.90 Å². The van der Waals surface area contributed by atoms with E-state index < -0.39 is 0 Å². The molecule has 0 bridgehead atoms. The zero-order valence-electron chi connectivity index (χ0n) is 22.0. The minimum Gasteiger partial charge on any atom is -0.472 e. The highest BCUT2D eigenvalue weighted by Gasteiger charge is 2.26. The Hall–Kier alpha value is -3.25. The molecule has 0 aliphatic carbocycles. The van der Waals surface area contributed by atoms with Crippen LogP contribution in [0.15, 0.2) is 42.5 Å². The van der Waals surface area contributed by atoms with E-state index in [0.717, 1.165) is 84.4 Å². The summed E-state index contributed by atoms with van der Waals surface area (Å²) in [5.74, 6) is 2.21. The van der Waals surface area contributed by atoms with Crippen molar-refractivity contribution < 1.29 is 9.47 Å². The summed E-state index contributed by atoms with van der Waals surface area (Å²) in [4.78, 5) is 14.2. The second-order valence-corrected chi connectivity index (χ2v) is 11.6. The number of pyridine rings is 1. The number of ether oxygens (including phenoxy) is 2. The zero-order chi connectivity index (χ0) is 26.1. The fraction of sp³-hybridized carbons (Fsp3) is 0.433. The molecule has 1 aromatic carbocycles. The molecule has 2 aliphatic heterocycles. The van der Waals surface area contributed by atoms with Crippen LogP contribution < -0.4 is 4.74 Å². The Kier molecular flexibility index (Phi) is 7.16. The maximum absolute atomic E-state index is 9.14. The molecule has 38 heavy (non-hydrogen) atoms. The summed E-state index contributed by atoms with van der Waals surface area (Å²) in [5, 5.41) is 9.14. The number of nitriles is 1. The lowest BCUT2D eigenvalue weighted by molar-refractivity contribution is -0.0592. The highest BCUT2D eigenvalue weighted by molar-refractivity contribution is 7.12. The van der Waals surface area contributed by atoms with Crippen LogP contribution in [-0.4, -0.2) is 45.2 Å². The van der Waals surface area contributed by atoms with Gasteiger partial charge < -0.3 is 14.0 Å². The molecule has 2 saturated heterocycles. The number of hydrogen-bond donors (Lipinski definition) is 0. The van der Waals surface area contributed by atoms with Gasteiger partial charge in [-0.15, -0.1) is 11.3 Å². The molecule has 7 nitrogen and oxygen atoms in total. The molecule has 6 rings (SSSR count). The summed E-state index contributed by atoms with van der Waals surface area (Å²) in [6.45, 7) is 9.25. The zero-order valence-corrected chi connectivity index (χ0v) is 22.8. The average Bonchev–Trinajstić information content (AvgIpc) is 3.44. The van der Waals surface area contributed by atoms with Crippen molar-refractivity contribution in [2.45, 2.75) is 64.8 Å². The Bertz CT molecular complexity index is 1470. The largest absolute Gasteiger partial charge is 0.472 e. The third kappa shape index (κ3) is 5.32. The molecule has 1 atom stereocenters. The molecule has 8 heteroatoms. The molecule has 0 N–H and O–H groups in total. The van der Waals surface area contributed by atoms with Crippen LogP contribution in [0.2, 0.25) is 0 Å². The van der Waals surface area contributed by atoms with Gasteiger partial charge in [-0.25, -0.2) is 9.97 Å². The van der Waals surface area contributed by atoms with Gasteiger partial charge in [0.15, 0.2) is 0 Å². The number of aryl methyl sites for hydroxylation is 2. The number of hydrogen-bond acceptors (Lipinski definition) is 7. The number of piperidine rings is 1. The van der Waals surface area contributed by atoms with Crippen molar-refractivity contribution in [1.82, 2.24) is 19.4 Å². The molecule has 2 fully saturated rings. The molecule has 0 amide bonds. The number of rotatable bonds is 8. The standard InChI is InChI=1S/C30H33N5O2S/c1-20-6-7-26-27(14-20)35(17-23-10-13-36-23)29(32-26)18-34-11-8-22(9-12-34)25-4-3-5-30(33-25)37-19-28-21(2)15-24(16-31)38-28/h3-7,14-15,22-23H,8-13,17-19H2,1-2H3/t23-/m0/s1. The van der Waals surface area contributed by atoms with E-state index in [1.165, 1.54) is 22.4 Å². The van der Waals surface area contributed by atoms with Crippen LogP contribution in [0.3, 0.4) is 0 Å². The monoisotopic (exact) mass is 527 g/mol. The summed E-state index contributed by atoms with van der Waals surface area (Å²) in [6, 6.07) is 16.7. The van der Waals surface area contributed by atoms with Gasteiger partial charge in [-0.2, -0.15) is 5.26 Å². The van der Waals surface area contributed by atoms with Crippen molar-refractivity contribution in [3.8, 4) is 11.9 Å². The maximum Gasteiger partial charge on any atom is 0.213 e. The first-order chi connectivity index (χ1) is 18.6. The number of likely N-dealkylation sites (tertiary alicyclic amines) is 1. The van der Waals surface area contributed by atoms with Crippen molar-refractivity contribution in [2.24, 2.45) is 0 Å². The normalized spacial score (nSPS) is 18.4. The predicted octanol–water partition coefficient (Wildman–Crippen LogP) is 5.73. The Labute approximate surface area is 227 Å². The van der Waals surface area contributed by atoms with Gasteiger partial charge in [0.2, 0.25) is 5.88 Å². The van der Waals surface area contributed by atoms with E-state index in [0.29, 0.717) is 24.5 Å². The lowest BCUT2D eigenvalue weighted by Gasteiger charge is -2.32. The van der Waals surface area contributed by atoms with E-state index in [9.17, 15) is 0 Å². The highest BCUT2D eigenvalue weighted by Crippen LogP contribution is 2.30. The minimum absolute atomic E-state index is 0.301. The molecule has 0 unspecified atom stereocenters. The van der Waals surface area contributed by atoms with Crippen molar-refractivity contribution in [2.75, 3.05) is 19.7 Å². The second-order valence-electron chi connectivity index (χ2n) is 10.5. The van der Waals surface area contributed by atoms with E-state index >= 15 is 0 Å². The first-order valence-corrected chi connectivity index (χ1v) is 14.3. The summed E-state index contributed by atoms with van der Waals surface area (Å²) < 4.78 is 14.2. The first kappa shape index (κ1) is 25.1. The molecule has 196 valence electrons. The molecular formula is C30H33N5O2S. The Morgan fingerprint density at radius 1 is 1.11 bits per heavy atom. The van der Waals surface area contributed by atoms with Crippen LogP contribution in [0.4, 0.5) is 0 Å². The molecule has 2 aliphatic rings. The number of benzene rings is 1. The molecule has 0 saturated carbocycles. The van der Waals surface area contributed by atoms with Gasteiger partial charge in [0, 0.05) is 29.2 Å². The highest BCUT2D eigenvalue weighted by atomic mass is 32.1. The van der Waals surface area contributed by atoms with Crippen LogP contribution >= 0.6 is 11.3 Å².